The van der Waals surface area contributed by atoms with Crippen molar-refractivity contribution in [3.8, 4) is 11.4 Å². The second kappa shape index (κ2) is 9.13. The summed E-state index contributed by atoms with van der Waals surface area (Å²) in [5.74, 6) is 0.798. The zero-order valence-electron chi connectivity index (χ0n) is 18.5. The molecule has 1 atom stereocenters. The summed E-state index contributed by atoms with van der Waals surface area (Å²) in [6.45, 7) is 2.67. The summed E-state index contributed by atoms with van der Waals surface area (Å²) in [6, 6.07) is 36.1. The van der Waals surface area contributed by atoms with Gasteiger partial charge in [0.05, 0.1) is 17.1 Å². The number of hydrogen-bond acceptors (Lipinski definition) is 2. The highest BCUT2D eigenvalue weighted by Gasteiger charge is 2.17. The zero-order valence-corrected chi connectivity index (χ0v) is 18.5. The molecule has 1 N–H and O–H groups in total. The van der Waals surface area contributed by atoms with E-state index in [0.717, 1.165) is 28.0 Å². The minimum absolute atomic E-state index is 0.0801. The molecule has 5 aromatic rings. The van der Waals surface area contributed by atoms with E-state index in [1.165, 1.54) is 5.56 Å². The summed E-state index contributed by atoms with van der Waals surface area (Å²) in [5, 5.41) is 3.12. The third-order valence-corrected chi connectivity index (χ3v) is 5.87. The molecule has 0 saturated carbocycles. The smallest absolute Gasteiger partial charge is 0.251 e. The molecule has 0 bridgehead atoms. The number of carbonyl (C=O) groups is 1. The van der Waals surface area contributed by atoms with Crippen LogP contribution in [-0.2, 0) is 6.54 Å². The Morgan fingerprint density at radius 2 is 1.48 bits per heavy atom. The molecule has 4 heteroatoms. The van der Waals surface area contributed by atoms with E-state index in [1.807, 2.05) is 91.9 Å². The molecule has 0 aliphatic rings. The summed E-state index contributed by atoms with van der Waals surface area (Å²) in [7, 11) is 0. The van der Waals surface area contributed by atoms with Crippen molar-refractivity contribution >= 4 is 16.9 Å². The van der Waals surface area contributed by atoms with Gasteiger partial charge in [0.15, 0.2) is 0 Å². The van der Waals surface area contributed by atoms with Gasteiger partial charge in [-0.3, -0.25) is 4.79 Å². The molecule has 0 saturated heterocycles. The van der Waals surface area contributed by atoms with Gasteiger partial charge in [0.25, 0.3) is 5.91 Å². The number of rotatable bonds is 6. The standard InChI is InChI=1S/C29H25N3O/c1-21(23-13-7-3-8-14-23)30-29(33)25-17-18-26-27(19-25)32(20-22-11-5-2-6-12-22)28(31-26)24-15-9-4-10-16-24/h2-19,21H,20H2,1H3,(H,30,33)/t21-/m0/s1. The Bertz CT molecular complexity index is 1380. The Morgan fingerprint density at radius 3 is 2.18 bits per heavy atom. The van der Waals surface area contributed by atoms with E-state index in [1.54, 1.807) is 0 Å². The third-order valence-electron chi connectivity index (χ3n) is 5.87. The van der Waals surface area contributed by atoms with Gasteiger partial charge in [-0.25, -0.2) is 4.98 Å². The highest BCUT2D eigenvalue weighted by atomic mass is 16.1. The van der Waals surface area contributed by atoms with E-state index in [-0.39, 0.29) is 11.9 Å². The van der Waals surface area contributed by atoms with Gasteiger partial charge < -0.3 is 9.88 Å². The van der Waals surface area contributed by atoms with Crippen LogP contribution in [0.4, 0.5) is 0 Å². The number of amides is 1. The van der Waals surface area contributed by atoms with Crippen molar-refractivity contribution in [3.63, 3.8) is 0 Å². The highest BCUT2D eigenvalue weighted by molar-refractivity contribution is 5.98. The van der Waals surface area contributed by atoms with Crippen molar-refractivity contribution in [3.05, 3.63) is 126 Å². The first-order chi connectivity index (χ1) is 16.2. The summed E-state index contributed by atoms with van der Waals surface area (Å²) < 4.78 is 2.19. The van der Waals surface area contributed by atoms with Gasteiger partial charge in [0.1, 0.15) is 5.82 Å². The minimum atomic E-state index is -0.0954. The van der Waals surface area contributed by atoms with Crippen LogP contribution in [0.1, 0.15) is 34.5 Å². The molecule has 0 spiro atoms. The van der Waals surface area contributed by atoms with E-state index >= 15 is 0 Å². The minimum Gasteiger partial charge on any atom is -0.346 e. The highest BCUT2D eigenvalue weighted by Crippen LogP contribution is 2.27. The van der Waals surface area contributed by atoms with Gasteiger partial charge in [0.2, 0.25) is 0 Å². The van der Waals surface area contributed by atoms with Crippen molar-refractivity contribution in [1.29, 1.82) is 0 Å². The van der Waals surface area contributed by atoms with Gasteiger partial charge in [-0.2, -0.15) is 0 Å². The largest absolute Gasteiger partial charge is 0.346 e. The predicted octanol–water partition coefficient (Wildman–Crippen LogP) is 6.24. The molecule has 4 aromatic carbocycles. The van der Waals surface area contributed by atoms with Gasteiger partial charge >= 0.3 is 0 Å². The van der Waals surface area contributed by atoms with Crippen LogP contribution in [0.2, 0.25) is 0 Å². The summed E-state index contributed by atoms with van der Waals surface area (Å²) in [4.78, 5) is 18.0. The first-order valence-electron chi connectivity index (χ1n) is 11.1. The van der Waals surface area contributed by atoms with Gasteiger partial charge in [-0.1, -0.05) is 91.0 Å². The molecule has 0 radical (unpaired) electrons. The lowest BCUT2D eigenvalue weighted by Crippen LogP contribution is -2.26. The second-order valence-corrected chi connectivity index (χ2v) is 8.18. The van der Waals surface area contributed by atoms with E-state index in [2.05, 4.69) is 34.1 Å². The molecule has 0 fully saturated rings. The fourth-order valence-corrected chi connectivity index (χ4v) is 4.10. The number of carbonyl (C=O) groups excluding carboxylic acids is 1. The first kappa shape index (κ1) is 20.7. The number of imidazole rings is 1. The van der Waals surface area contributed by atoms with Gasteiger partial charge in [-0.05, 0) is 36.2 Å². The van der Waals surface area contributed by atoms with E-state index in [4.69, 9.17) is 4.98 Å². The maximum atomic E-state index is 13.1. The van der Waals surface area contributed by atoms with Crippen molar-refractivity contribution in [2.24, 2.45) is 0 Å². The van der Waals surface area contributed by atoms with Crippen LogP contribution in [0.25, 0.3) is 22.4 Å². The number of hydrogen-bond donors (Lipinski definition) is 1. The van der Waals surface area contributed by atoms with E-state index in [9.17, 15) is 4.79 Å². The molecule has 1 heterocycles. The molecule has 4 nitrogen and oxygen atoms in total. The molecule has 0 unspecified atom stereocenters. The van der Waals surface area contributed by atoms with Crippen molar-refractivity contribution < 1.29 is 4.79 Å². The van der Waals surface area contributed by atoms with Crippen LogP contribution in [-0.4, -0.2) is 15.5 Å². The Labute approximate surface area is 193 Å². The molecule has 162 valence electrons. The number of nitrogens with zero attached hydrogens (tertiary/aromatic N) is 2. The van der Waals surface area contributed by atoms with Crippen LogP contribution in [0.15, 0.2) is 109 Å². The molecule has 1 amide bonds. The van der Waals surface area contributed by atoms with Crippen LogP contribution in [0.5, 0.6) is 0 Å². The first-order valence-corrected chi connectivity index (χ1v) is 11.1. The SMILES string of the molecule is C[C@H](NC(=O)c1ccc2nc(-c3ccccc3)n(Cc3ccccc3)c2c1)c1ccccc1. The number of nitrogens with one attached hydrogen (secondary N) is 1. The Kier molecular flexibility index (Phi) is 5.73. The molecule has 5 rings (SSSR count). The zero-order chi connectivity index (χ0) is 22.6. The van der Waals surface area contributed by atoms with Crippen molar-refractivity contribution in [2.75, 3.05) is 0 Å². The lowest BCUT2D eigenvalue weighted by atomic mass is 10.1. The van der Waals surface area contributed by atoms with E-state index < -0.39 is 0 Å². The molecule has 0 aliphatic carbocycles. The fourth-order valence-electron chi connectivity index (χ4n) is 4.10. The summed E-state index contributed by atoms with van der Waals surface area (Å²) >= 11 is 0. The van der Waals surface area contributed by atoms with Crippen LogP contribution >= 0.6 is 0 Å². The maximum Gasteiger partial charge on any atom is 0.251 e. The Hall–Kier alpha value is -4.18. The van der Waals surface area contributed by atoms with Gasteiger partial charge in [-0.15, -0.1) is 0 Å². The molecule has 1 aromatic heterocycles. The van der Waals surface area contributed by atoms with Crippen molar-refractivity contribution in [1.82, 2.24) is 14.9 Å². The van der Waals surface area contributed by atoms with Gasteiger partial charge in [0, 0.05) is 17.7 Å². The number of aromatic nitrogens is 2. The van der Waals surface area contributed by atoms with Crippen LogP contribution in [0.3, 0.4) is 0 Å². The fraction of sp³-hybridized carbons (Fsp3) is 0.103. The maximum absolute atomic E-state index is 13.1. The number of fused-ring (bicyclic) bond motifs is 1. The third kappa shape index (κ3) is 4.41. The summed E-state index contributed by atoms with van der Waals surface area (Å²) in [6.07, 6.45) is 0. The predicted molar refractivity (Wildman–Crippen MR) is 133 cm³/mol. The molecular weight excluding hydrogens is 406 g/mol. The van der Waals surface area contributed by atoms with Crippen LogP contribution in [0, 0.1) is 0 Å². The average molecular weight is 432 g/mol. The number of benzene rings is 4. The lowest BCUT2D eigenvalue weighted by Gasteiger charge is -2.15. The molecule has 0 aliphatic heterocycles. The normalized spacial score (nSPS) is 11.9. The Balaban J connectivity index is 1.53. The molecular formula is C29H25N3O. The van der Waals surface area contributed by atoms with E-state index in [0.29, 0.717) is 12.1 Å². The average Bonchev–Trinajstić information content (AvgIpc) is 3.23. The summed E-state index contributed by atoms with van der Waals surface area (Å²) in [5.41, 5.74) is 5.75. The molecule has 33 heavy (non-hydrogen) atoms. The lowest BCUT2D eigenvalue weighted by molar-refractivity contribution is 0.0940. The quantitative estimate of drug-likeness (QED) is 0.346. The Morgan fingerprint density at radius 1 is 0.848 bits per heavy atom. The monoisotopic (exact) mass is 431 g/mol. The topological polar surface area (TPSA) is 46.9 Å². The second-order valence-electron chi connectivity index (χ2n) is 8.18. The van der Waals surface area contributed by atoms with Crippen molar-refractivity contribution in [2.45, 2.75) is 19.5 Å². The van der Waals surface area contributed by atoms with Crippen LogP contribution < -0.4 is 5.32 Å².